The number of carbonyl (C=O) groups is 1. The van der Waals surface area contributed by atoms with Crippen molar-refractivity contribution in [3.63, 3.8) is 0 Å². The molecule has 0 bridgehead atoms. The van der Waals surface area contributed by atoms with E-state index >= 15 is 0 Å². The van der Waals surface area contributed by atoms with Gasteiger partial charge in [-0.1, -0.05) is 6.42 Å². The van der Waals surface area contributed by atoms with E-state index in [-0.39, 0.29) is 17.6 Å². The molecule has 1 fully saturated rings. The number of oxazole rings is 1. The number of rotatable bonds is 4. The van der Waals surface area contributed by atoms with Crippen molar-refractivity contribution >= 4 is 5.91 Å². The molecule has 3 N–H and O–H groups in total. The molecular weight excluding hydrogens is 322 g/mol. The van der Waals surface area contributed by atoms with Gasteiger partial charge in [-0.15, -0.1) is 0 Å². The van der Waals surface area contributed by atoms with Crippen molar-refractivity contribution < 1.29 is 18.7 Å². The Morgan fingerprint density at radius 2 is 2.08 bits per heavy atom. The molecular formula is C18H21N3O4. The van der Waals surface area contributed by atoms with Crippen molar-refractivity contribution in [2.75, 3.05) is 19.8 Å². The summed E-state index contributed by atoms with van der Waals surface area (Å²) in [5.74, 6) is 1.86. The van der Waals surface area contributed by atoms with E-state index in [1.807, 2.05) is 18.2 Å². The van der Waals surface area contributed by atoms with Crippen LogP contribution in [0.2, 0.25) is 0 Å². The summed E-state index contributed by atoms with van der Waals surface area (Å²) in [4.78, 5) is 16.8. The second-order valence-corrected chi connectivity index (χ2v) is 6.40. The molecule has 2 aliphatic rings. The summed E-state index contributed by atoms with van der Waals surface area (Å²) in [7, 11) is 0. The van der Waals surface area contributed by atoms with Crippen molar-refractivity contribution in [1.29, 1.82) is 0 Å². The van der Waals surface area contributed by atoms with E-state index in [9.17, 15) is 4.79 Å². The number of benzene rings is 1. The lowest BCUT2D eigenvalue weighted by molar-refractivity contribution is 0.0924. The van der Waals surface area contributed by atoms with Gasteiger partial charge in [0.05, 0.1) is 0 Å². The second-order valence-electron chi connectivity index (χ2n) is 6.40. The number of nitrogens with one attached hydrogen (secondary N) is 1. The van der Waals surface area contributed by atoms with Crippen molar-refractivity contribution in [1.82, 2.24) is 10.3 Å². The van der Waals surface area contributed by atoms with Crippen molar-refractivity contribution in [2.45, 2.75) is 25.3 Å². The topological polar surface area (TPSA) is 99.6 Å². The minimum atomic E-state index is -0.232. The number of fused-ring (bicyclic) bond motifs is 1. The largest absolute Gasteiger partial charge is 0.486 e. The maximum Gasteiger partial charge on any atom is 0.274 e. The Morgan fingerprint density at radius 3 is 2.92 bits per heavy atom. The number of amides is 1. The Hall–Kier alpha value is -2.54. The van der Waals surface area contributed by atoms with E-state index in [4.69, 9.17) is 19.6 Å². The molecule has 132 valence electrons. The predicted molar refractivity (Wildman–Crippen MR) is 90.6 cm³/mol. The van der Waals surface area contributed by atoms with Gasteiger partial charge in [-0.3, -0.25) is 4.79 Å². The summed E-state index contributed by atoms with van der Waals surface area (Å²) in [6, 6.07) is 5.56. The number of nitrogens with zero attached hydrogens (tertiary/aromatic N) is 1. The number of aromatic nitrogens is 1. The molecule has 1 aliphatic carbocycles. The average molecular weight is 343 g/mol. The first kappa shape index (κ1) is 16.0. The molecule has 2 heterocycles. The predicted octanol–water partition coefficient (Wildman–Crippen LogP) is 1.97. The molecule has 7 nitrogen and oxygen atoms in total. The van der Waals surface area contributed by atoms with Gasteiger partial charge >= 0.3 is 0 Å². The highest BCUT2D eigenvalue weighted by Gasteiger charge is 2.29. The van der Waals surface area contributed by atoms with Crippen molar-refractivity contribution in [2.24, 2.45) is 11.7 Å². The molecule has 2 aromatic rings. The summed E-state index contributed by atoms with van der Waals surface area (Å²) < 4.78 is 16.6. The van der Waals surface area contributed by atoms with Gasteiger partial charge in [-0.2, -0.15) is 0 Å². The fourth-order valence-corrected chi connectivity index (χ4v) is 3.54. The van der Waals surface area contributed by atoms with Crippen LogP contribution in [0.1, 0.15) is 29.8 Å². The Morgan fingerprint density at radius 1 is 1.24 bits per heavy atom. The maximum atomic E-state index is 12.7. The molecule has 0 spiro atoms. The monoisotopic (exact) mass is 343 g/mol. The molecule has 4 rings (SSSR count). The molecule has 1 aromatic heterocycles. The third-order valence-electron chi connectivity index (χ3n) is 4.87. The molecule has 2 unspecified atom stereocenters. The first-order valence-corrected chi connectivity index (χ1v) is 8.60. The second kappa shape index (κ2) is 6.76. The molecule has 1 aromatic carbocycles. The molecule has 7 heteroatoms. The maximum absolute atomic E-state index is 12.7. The summed E-state index contributed by atoms with van der Waals surface area (Å²) in [5.41, 5.74) is 6.80. The Balaban J connectivity index is 1.57. The van der Waals surface area contributed by atoms with Gasteiger partial charge in [0.2, 0.25) is 0 Å². The van der Waals surface area contributed by atoms with E-state index in [0.29, 0.717) is 42.9 Å². The lowest BCUT2D eigenvalue weighted by Crippen LogP contribution is -2.40. The van der Waals surface area contributed by atoms with Crippen LogP contribution in [0.3, 0.4) is 0 Å². The van der Waals surface area contributed by atoms with Crippen LogP contribution >= 0.6 is 0 Å². The number of carbonyl (C=O) groups excluding carboxylic acids is 1. The van der Waals surface area contributed by atoms with Crippen molar-refractivity contribution in [3.05, 3.63) is 30.3 Å². The van der Waals surface area contributed by atoms with Crippen LogP contribution in [0.4, 0.5) is 0 Å². The quantitative estimate of drug-likeness (QED) is 0.880. The summed E-state index contributed by atoms with van der Waals surface area (Å²) in [5, 5.41) is 3.06. The molecule has 1 aliphatic heterocycles. The summed E-state index contributed by atoms with van der Waals surface area (Å²) >= 11 is 0. The normalized spacial score (nSPS) is 22.0. The summed E-state index contributed by atoms with van der Waals surface area (Å²) in [6.45, 7) is 1.62. The van der Waals surface area contributed by atoms with Crippen LogP contribution in [0.5, 0.6) is 11.5 Å². The molecule has 1 amide bonds. The van der Waals surface area contributed by atoms with E-state index in [0.717, 1.165) is 24.8 Å². The lowest BCUT2D eigenvalue weighted by Gasteiger charge is -2.19. The highest BCUT2D eigenvalue weighted by molar-refractivity contribution is 5.97. The Labute approximate surface area is 145 Å². The van der Waals surface area contributed by atoms with E-state index in [2.05, 4.69) is 10.3 Å². The smallest absolute Gasteiger partial charge is 0.274 e. The molecule has 0 saturated heterocycles. The van der Waals surface area contributed by atoms with Crippen LogP contribution < -0.4 is 20.5 Å². The third-order valence-corrected chi connectivity index (χ3v) is 4.87. The van der Waals surface area contributed by atoms with Crippen LogP contribution in [-0.2, 0) is 0 Å². The van der Waals surface area contributed by atoms with Crippen LogP contribution in [0, 0.1) is 5.92 Å². The molecule has 2 atom stereocenters. The van der Waals surface area contributed by atoms with Gasteiger partial charge in [-0.05, 0) is 43.5 Å². The Kier molecular flexibility index (Phi) is 4.31. The van der Waals surface area contributed by atoms with Crippen LogP contribution in [0.15, 0.2) is 29.0 Å². The standard InChI is InChI=1S/C18H21N3O4/c19-9-12-2-1-3-13(12)21-18(22)16-17(25-10-20-16)11-4-5-14-15(8-11)24-7-6-23-14/h4-5,8,10,12-13H,1-3,6-7,9,19H2,(H,21,22). The van der Waals surface area contributed by atoms with Gasteiger partial charge in [-0.25, -0.2) is 4.98 Å². The number of nitrogens with two attached hydrogens (primary N) is 1. The SMILES string of the molecule is NCC1CCCC1NC(=O)c1ncoc1-c1ccc2c(c1)OCCO2. The summed E-state index contributed by atoms with van der Waals surface area (Å²) in [6.07, 6.45) is 4.37. The fraction of sp³-hybridized carbons (Fsp3) is 0.444. The van der Waals surface area contributed by atoms with Gasteiger partial charge in [0.1, 0.15) is 13.2 Å². The first-order valence-electron chi connectivity index (χ1n) is 8.60. The first-order chi connectivity index (χ1) is 12.3. The number of hydrogen-bond acceptors (Lipinski definition) is 6. The van der Waals surface area contributed by atoms with E-state index in [1.54, 1.807) is 0 Å². The van der Waals surface area contributed by atoms with Gasteiger partial charge in [0, 0.05) is 11.6 Å². The number of hydrogen-bond donors (Lipinski definition) is 2. The van der Waals surface area contributed by atoms with Gasteiger partial charge in [0.25, 0.3) is 5.91 Å². The molecule has 1 saturated carbocycles. The molecule has 25 heavy (non-hydrogen) atoms. The van der Waals surface area contributed by atoms with E-state index in [1.165, 1.54) is 6.39 Å². The van der Waals surface area contributed by atoms with Crippen LogP contribution in [0.25, 0.3) is 11.3 Å². The van der Waals surface area contributed by atoms with Crippen LogP contribution in [-0.4, -0.2) is 36.7 Å². The average Bonchev–Trinajstić information content (AvgIpc) is 3.30. The zero-order valence-corrected chi connectivity index (χ0v) is 13.9. The minimum absolute atomic E-state index is 0.0994. The highest BCUT2D eigenvalue weighted by Crippen LogP contribution is 2.35. The highest BCUT2D eigenvalue weighted by atomic mass is 16.6. The van der Waals surface area contributed by atoms with Gasteiger partial charge in [0.15, 0.2) is 29.3 Å². The van der Waals surface area contributed by atoms with E-state index < -0.39 is 0 Å². The lowest BCUT2D eigenvalue weighted by atomic mass is 10.0. The molecule has 0 radical (unpaired) electrons. The zero-order chi connectivity index (χ0) is 17.2. The number of ether oxygens (including phenoxy) is 2. The fourth-order valence-electron chi connectivity index (χ4n) is 3.54. The zero-order valence-electron chi connectivity index (χ0n) is 13.9. The van der Waals surface area contributed by atoms with Crippen molar-refractivity contribution in [3.8, 4) is 22.8 Å². The van der Waals surface area contributed by atoms with Gasteiger partial charge < -0.3 is 24.9 Å². The minimum Gasteiger partial charge on any atom is -0.486 e. The third kappa shape index (κ3) is 3.07. The Bertz CT molecular complexity index is 773.